The first-order valence-electron chi connectivity index (χ1n) is 9.32. The molecule has 0 aliphatic rings. The molecule has 1 N–H and O–H groups in total. The lowest BCUT2D eigenvalue weighted by molar-refractivity contribution is -0.116. The van der Waals surface area contributed by atoms with Crippen LogP contribution in [0.5, 0.6) is 0 Å². The largest absolute Gasteiger partial charge is 0.331 e. The van der Waals surface area contributed by atoms with Crippen molar-refractivity contribution in [2.45, 2.75) is 20.0 Å². The highest BCUT2D eigenvalue weighted by Crippen LogP contribution is 2.32. The van der Waals surface area contributed by atoms with Crippen LogP contribution in [-0.2, 0) is 17.9 Å². The van der Waals surface area contributed by atoms with Crippen molar-refractivity contribution in [1.82, 2.24) is 14.1 Å². The Morgan fingerprint density at radius 2 is 1.90 bits per heavy atom. The van der Waals surface area contributed by atoms with Crippen molar-refractivity contribution in [2.75, 3.05) is 5.32 Å². The van der Waals surface area contributed by atoms with Crippen molar-refractivity contribution < 1.29 is 4.79 Å². The minimum atomic E-state index is -0.533. The molecule has 0 spiro atoms. The summed E-state index contributed by atoms with van der Waals surface area (Å²) in [6, 6.07) is 11.8. The third kappa shape index (κ3) is 4.14. The van der Waals surface area contributed by atoms with E-state index in [1.807, 2.05) is 0 Å². The number of hydrogen-bond acceptors (Lipinski definition) is 5. The van der Waals surface area contributed by atoms with Gasteiger partial charge in [-0.1, -0.05) is 35.3 Å². The smallest absolute Gasteiger partial charge is 0.300 e. The van der Waals surface area contributed by atoms with E-state index in [0.29, 0.717) is 37.3 Å². The fourth-order valence-electron chi connectivity index (χ4n) is 3.26. The van der Waals surface area contributed by atoms with E-state index < -0.39 is 11.6 Å². The van der Waals surface area contributed by atoms with Gasteiger partial charge in [-0.05, 0) is 37.3 Å². The molecule has 2 aromatic heterocycles. The average molecular weight is 475 g/mol. The van der Waals surface area contributed by atoms with Crippen LogP contribution >= 0.6 is 34.5 Å². The molecule has 1 amide bonds. The van der Waals surface area contributed by atoms with Crippen LogP contribution < -0.4 is 16.6 Å². The molecule has 0 atom stereocenters. The summed E-state index contributed by atoms with van der Waals surface area (Å²) in [5.74, 6) is -0.434. The quantitative estimate of drug-likeness (QED) is 0.468. The number of anilines is 1. The maximum absolute atomic E-state index is 12.8. The van der Waals surface area contributed by atoms with Gasteiger partial charge in [-0.3, -0.25) is 18.7 Å². The molecule has 2 aromatic carbocycles. The highest BCUT2D eigenvalue weighted by Gasteiger charge is 2.16. The van der Waals surface area contributed by atoms with E-state index in [9.17, 15) is 14.4 Å². The van der Waals surface area contributed by atoms with Crippen LogP contribution in [0.4, 0.5) is 5.13 Å². The average Bonchev–Trinajstić information content (AvgIpc) is 3.19. The van der Waals surface area contributed by atoms with Gasteiger partial charge in [-0.25, -0.2) is 9.78 Å². The molecule has 0 aliphatic heterocycles. The number of nitrogens with one attached hydrogen (secondary N) is 1. The van der Waals surface area contributed by atoms with Crippen molar-refractivity contribution >= 4 is 56.5 Å². The van der Waals surface area contributed by atoms with Gasteiger partial charge >= 0.3 is 5.69 Å². The minimum Gasteiger partial charge on any atom is -0.300 e. The van der Waals surface area contributed by atoms with Crippen molar-refractivity contribution in [2.24, 2.45) is 0 Å². The number of amides is 1. The molecule has 7 nitrogen and oxygen atoms in total. The predicted molar refractivity (Wildman–Crippen MR) is 124 cm³/mol. The van der Waals surface area contributed by atoms with E-state index in [2.05, 4.69) is 10.3 Å². The van der Waals surface area contributed by atoms with Crippen molar-refractivity contribution in [3.05, 3.63) is 78.7 Å². The Bertz CT molecular complexity index is 1420. The first kappa shape index (κ1) is 21.3. The first-order valence-corrected chi connectivity index (χ1v) is 11.0. The van der Waals surface area contributed by atoms with E-state index >= 15 is 0 Å². The second-order valence-corrected chi connectivity index (χ2v) is 8.35. The number of carbonyl (C=O) groups excluding carboxylic acids is 1. The van der Waals surface area contributed by atoms with E-state index in [4.69, 9.17) is 23.2 Å². The van der Waals surface area contributed by atoms with E-state index in [0.717, 1.165) is 4.57 Å². The van der Waals surface area contributed by atoms with E-state index in [1.165, 1.54) is 15.9 Å². The summed E-state index contributed by atoms with van der Waals surface area (Å²) >= 11 is 13.4. The van der Waals surface area contributed by atoms with Gasteiger partial charge in [0, 0.05) is 22.5 Å². The van der Waals surface area contributed by atoms with Crippen LogP contribution in [0, 0.1) is 0 Å². The number of rotatable bonds is 5. The Hall–Kier alpha value is -2.94. The fourth-order valence-corrected chi connectivity index (χ4v) is 4.49. The molecular weight excluding hydrogens is 459 g/mol. The molecule has 0 radical (unpaired) electrons. The monoisotopic (exact) mass is 474 g/mol. The summed E-state index contributed by atoms with van der Waals surface area (Å²) in [5.41, 5.74) is 0.799. The molecule has 158 valence electrons. The Kier molecular flexibility index (Phi) is 5.95. The first-order chi connectivity index (χ1) is 14.9. The van der Waals surface area contributed by atoms with Gasteiger partial charge in [0.2, 0.25) is 5.91 Å². The standard InChI is InChI=1S/C21H16Cl2N4O3S/c1-2-26-19(29)14-5-3-4-6-17(14)27(21(26)30)10-18(28)25-20-24-16(11-31-20)13-8-7-12(22)9-15(13)23/h3-9,11H,2,10H2,1H3,(H,24,25,28). The van der Waals surface area contributed by atoms with E-state index in [-0.39, 0.29) is 18.6 Å². The number of nitrogens with zero attached hydrogens (tertiary/aromatic N) is 3. The maximum atomic E-state index is 12.8. The Morgan fingerprint density at radius 3 is 2.65 bits per heavy atom. The predicted octanol–water partition coefficient (Wildman–Crippen LogP) is 4.25. The molecule has 0 fully saturated rings. The molecular formula is C21H16Cl2N4O3S. The molecule has 31 heavy (non-hydrogen) atoms. The van der Waals surface area contributed by atoms with Gasteiger partial charge in [0.15, 0.2) is 5.13 Å². The lowest BCUT2D eigenvalue weighted by Crippen LogP contribution is -2.41. The molecule has 0 bridgehead atoms. The minimum absolute atomic E-state index is 0.210. The zero-order valence-corrected chi connectivity index (χ0v) is 18.6. The number of aromatic nitrogens is 3. The van der Waals surface area contributed by atoms with Gasteiger partial charge < -0.3 is 5.32 Å². The normalized spacial score (nSPS) is 11.1. The van der Waals surface area contributed by atoms with Crippen LogP contribution in [0.3, 0.4) is 0 Å². The Balaban J connectivity index is 1.62. The Labute approximate surface area is 190 Å². The molecule has 0 saturated heterocycles. The number of hydrogen-bond donors (Lipinski definition) is 1. The SMILES string of the molecule is CCn1c(=O)c2ccccc2n(CC(=O)Nc2nc(-c3ccc(Cl)cc3Cl)cs2)c1=O. The van der Waals surface area contributed by atoms with Crippen molar-refractivity contribution in [3.63, 3.8) is 0 Å². The summed E-state index contributed by atoms with van der Waals surface area (Å²) in [5, 5.41) is 6.19. The number of halogens is 2. The lowest BCUT2D eigenvalue weighted by Gasteiger charge is -2.12. The van der Waals surface area contributed by atoms with Crippen LogP contribution in [-0.4, -0.2) is 20.0 Å². The molecule has 0 aliphatic carbocycles. The highest BCUT2D eigenvalue weighted by molar-refractivity contribution is 7.14. The van der Waals surface area contributed by atoms with Gasteiger partial charge in [-0.2, -0.15) is 0 Å². The van der Waals surface area contributed by atoms with E-state index in [1.54, 1.807) is 54.8 Å². The van der Waals surface area contributed by atoms with Crippen LogP contribution in [0.1, 0.15) is 6.92 Å². The van der Waals surface area contributed by atoms with Gasteiger partial charge in [0.1, 0.15) is 6.54 Å². The number of fused-ring (bicyclic) bond motifs is 1. The summed E-state index contributed by atoms with van der Waals surface area (Å²) in [6.07, 6.45) is 0. The zero-order valence-electron chi connectivity index (χ0n) is 16.3. The number of para-hydroxylation sites is 1. The van der Waals surface area contributed by atoms with Gasteiger partial charge in [0.25, 0.3) is 5.56 Å². The van der Waals surface area contributed by atoms with Crippen LogP contribution in [0.25, 0.3) is 22.2 Å². The van der Waals surface area contributed by atoms with Gasteiger partial charge in [0.05, 0.1) is 21.6 Å². The number of thiazole rings is 1. The van der Waals surface area contributed by atoms with Crippen LogP contribution in [0.15, 0.2) is 57.4 Å². The fraction of sp³-hybridized carbons (Fsp3) is 0.143. The second-order valence-electron chi connectivity index (χ2n) is 6.65. The Morgan fingerprint density at radius 1 is 1.13 bits per heavy atom. The summed E-state index contributed by atoms with van der Waals surface area (Å²) in [4.78, 5) is 42.4. The van der Waals surface area contributed by atoms with Crippen molar-refractivity contribution in [3.8, 4) is 11.3 Å². The summed E-state index contributed by atoms with van der Waals surface area (Å²) in [7, 11) is 0. The number of carbonyl (C=O) groups is 1. The zero-order chi connectivity index (χ0) is 22.1. The lowest BCUT2D eigenvalue weighted by atomic mass is 10.2. The molecule has 2 heterocycles. The van der Waals surface area contributed by atoms with Crippen molar-refractivity contribution in [1.29, 1.82) is 0 Å². The molecule has 4 rings (SSSR count). The summed E-state index contributed by atoms with van der Waals surface area (Å²) < 4.78 is 2.40. The second kappa shape index (κ2) is 8.66. The van der Waals surface area contributed by atoms with Gasteiger partial charge in [-0.15, -0.1) is 11.3 Å². The highest BCUT2D eigenvalue weighted by atomic mass is 35.5. The molecule has 0 unspecified atom stereocenters. The maximum Gasteiger partial charge on any atom is 0.331 e. The summed E-state index contributed by atoms with van der Waals surface area (Å²) in [6.45, 7) is 1.67. The number of benzene rings is 2. The molecule has 4 aromatic rings. The molecule has 10 heteroatoms. The third-order valence-electron chi connectivity index (χ3n) is 4.71. The van der Waals surface area contributed by atoms with Crippen LogP contribution in [0.2, 0.25) is 10.0 Å². The topological polar surface area (TPSA) is 86.0 Å². The molecule has 0 saturated carbocycles. The third-order valence-corrected chi connectivity index (χ3v) is 6.01.